The van der Waals surface area contributed by atoms with Crippen LogP contribution in [-0.4, -0.2) is 97.9 Å². The van der Waals surface area contributed by atoms with Crippen LogP contribution in [0.1, 0.15) is 39.5 Å². The van der Waals surface area contributed by atoms with Crippen molar-refractivity contribution in [2.45, 2.75) is 51.6 Å². The lowest BCUT2D eigenvalue weighted by Gasteiger charge is -2.25. The molecule has 2 unspecified atom stereocenters. The minimum absolute atomic E-state index is 0. The average Bonchev–Trinajstić information content (AvgIpc) is 3.31. The van der Waals surface area contributed by atoms with Crippen LogP contribution in [0.3, 0.4) is 0 Å². The molecular weight excluding hydrogens is 471 g/mol. The van der Waals surface area contributed by atoms with Crippen molar-refractivity contribution in [2.75, 3.05) is 53.4 Å². The van der Waals surface area contributed by atoms with Gasteiger partial charge >= 0.3 is 0 Å². The van der Waals surface area contributed by atoms with Crippen molar-refractivity contribution in [1.82, 2.24) is 25.3 Å². The summed E-state index contributed by atoms with van der Waals surface area (Å²) in [6.45, 7) is 8.71. The molecule has 0 aromatic rings. The van der Waals surface area contributed by atoms with E-state index in [-0.39, 0.29) is 48.4 Å². The number of likely N-dealkylation sites (N-methyl/N-ethyl adjacent to an activating group) is 2. The van der Waals surface area contributed by atoms with Gasteiger partial charge in [-0.1, -0.05) is 13.8 Å². The first-order chi connectivity index (χ1) is 12.9. The number of nitrogens with zero attached hydrogens (tertiary/aromatic N) is 4. The van der Waals surface area contributed by atoms with Crippen LogP contribution in [0.25, 0.3) is 0 Å². The molecule has 9 heteroatoms. The normalized spacial score (nSPS) is 22.7. The van der Waals surface area contributed by atoms with Crippen LogP contribution in [0.5, 0.6) is 0 Å². The Balaban J connectivity index is 0.00000392. The lowest BCUT2D eigenvalue weighted by molar-refractivity contribution is -0.130. The van der Waals surface area contributed by atoms with Crippen molar-refractivity contribution in [3.05, 3.63) is 0 Å². The molecule has 0 radical (unpaired) electrons. The van der Waals surface area contributed by atoms with Crippen LogP contribution in [0.4, 0.5) is 0 Å². The fourth-order valence-corrected chi connectivity index (χ4v) is 3.72. The lowest BCUT2D eigenvalue weighted by atomic mass is 10.2. The van der Waals surface area contributed by atoms with E-state index in [1.165, 1.54) is 12.8 Å². The average molecular weight is 508 g/mol. The summed E-state index contributed by atoms with van der Waals surface area (Å²) in [7, 11) is 3.47. The summed E-state index contributed by atoms with van der Waals surface area (Å²) >= 11 is 0. The number of carbonyl (C=O) groups is 2. The molecule has 2 aliphatic rings. The molecule has 0 aromatic carbocycles. The van der Waals surface area contributed by atoms with Gasteiger partial charge in [0.05, 0.1) is 0 Å². The van der Waals surface area contributed by atoms with E-state index in [2.05, 4.69) is 27.4 Å². The molecular formula is C19H37IN6O2. The molecule has 2 fully saturated rings. The van der Waals surface area contributed by atoms with E-state index in [0.29, 0.717) is 25.0 Å². The summed E-state index contributed by atoms with van der Waals surface area (Å²) < 4.78 is 0. The van der Waals surface area contributed by atoms with Crippen LogP contribution in [0.15, 0.2) is 4.99 Å². The maximum Gasteiger partial charge on any atom is 0.243 e. The minimum atomic E-state index is -0.0265. The fourth-order valence-electron chi connectivity index (χ4n) is 3.72. The molecule has 2 saturated heterocycles. The fraction of sp³-hybridized carbons (Fsp3) is 0.842. The highest BCUT2D eigenvalue weighted by molar-refractivity contribution is 14.0. The summed E-state index contributed by atoms with van der Waals surface area (Å²) in [6, 6.07) is 0.681. The second-order valence-corrected chi connectivity index (χ2v) is 7.58. The quantitative estimate of drug-likeness (QED) is 0.301. The molecule has 0 aliphatic carbocycles. The molecule has 2 N–H and O–H groups in total. The molecule has 0 bridgehead atoms. The van der Waals surface area contributed by atoms with Gasteiger partial charge in [0, 0.05) is 52.2 Å². The monoisotopic (exact) mass is 508 g/mol. The highest BCUT2D eigenvalue weighted by Crippen LogP contribution is 2.15. The molecule has 2 heterocycles. The molecule has 0 aromatic heterocycles. The summed E-state index contributed by atoms with van der Waals surface area (Å²) in [6.07, 6.45) is 3.86. The Hall–Kier alpha value is -1.10. The maximum absolute atomic E-state index is 11.9. The van der Waals surface area contributed by atoms with Crippen LogP contribution in [0.2, 0.25) is 0 Å². The Kier molecular flexibility index (Phi) is 11.1. The molecule has 0 spiro atoms. The third kappa shape index (κ3) is 7.38. The lowest BCUT2D eigenvalue weighted by Crippen LogP contribution is -2.49. The zero-order chi connectivity index (χ0) is 19.8. The number of likely N-dealkylation sites (tertiary alicyclic amines) is 2. The Morgan fingerprint density at radius 1 is 1.18 bits per heavy atom. The minimum Gasteiger partial charge on any atom is -0.355 e. The van der Waals surface area contributed by atoms with Gasteiger partial charge in [0.1, 0.15) is 6.54 Å². The second-order valence-electron chi connectivity index (χ2n) is 7.58. The van der Waals surface area contributed by atoms with E-state index >= 15 is 0 Å². The molecule has 2 aliphatic heterocycles. The number of halogens is 1. The van der Waals surface area contributed by atoms with Crippen molar-refractivity contribution in [3.63, 3.8) is 0 Å². The van der Waals surface area contributed by atoms with Gasteiger partial charge in [-0.3, -0.25) is 14.5 Å². The summed E-state index contributed by atoms with van der Waals surface area (Å²) in [5.41, 5.74) is 0. The van der Waals surface area contributed by atoms with E-state index < -0.39 is 0 Å². The molecule has 2 rings (SSSR count). The Bertz CT molecular complexity index is 543. The van der Waals surface area contributed by atoms with Crippen LogP contribution >= 0.6 is 24.0 Å². The molecule has 162 valence electrons. The summed E-state index contributed by atoms with van der Waals surface area (Å²) in [4.78, 5) is 34.2. The zero-order valence-corrected chi connectivity index (χ0v) is 20.1. The third-order valence-corrected chi connectivity index (χ3v) is 5.47. The zero-order valence-electron chi connectivity index (χ0n) is 17.7. The molecule has 0 saturated carbocycles. The van der Waals surface area contributed by atoms with Crippen molar-refractivity contribution in [1.29, 1.82) is 0 Å². The van der Waals surface area contributed by atoms with Crippen molar-refractivity contribution < 1.29 is 9.59 Å². The number of hydrogen-bond donors (Lipinski definition) is 2. The Morgan fingerprint density at radius 2 is 1.93 bits per heavy atom. The van der Waals surface area contributed by atoms with Crippen molar-refractivity contribution in [2.24, 2.45) is 4.99 Å². The topological polar surface area (TPSA) is 80.3 Å². The predicted molar refractivity (Wildman–Crippen MR) is 123 cm³/mol. The van der Waals surface area contributed by atoms with Gasteiger partial charge in [0.25, 0.3) is 0 Å². The van der Waals surface area contributed by atoms with Gasteiger partial charge < -0.3 is 20.4 Å². The number of rotatable bonds is 7. The molecule has 28 heavy (non-hydrogen) atoms. The van der Waals surface area contributed by atoms with Gasteiger partial charge in [-0.05, 0) is 32.4 Å². The van der Waals surface area contributed by atoms with Gasteiger partial charge in [0.15, 0.2) is 5.96 Å². The Labute approximate surface area is 186 Å². The Morgan fingerprint density at radius 3 is 2.57 bits per heavy atom. The van der Waals surface area contributed by atoms with Gasteiger partial charge in [-0.25, -0.2) is 4.99 Å². The first-order valence-corrected chi connectivity index (χ1v) is 10.2. The number of nitrogens with one attached hydrogen (secondary N) is 2. The van der Waals surface area contributed by atoms with E-state index in [1.54, 1.807) is 19.0 Å². The molecule has 2 atom stereocenters. The number of carbonyl (C=O) groups excluding carboxylic acids is 2. The molecule has 2 amide bonds. The maximum atomic E-state index is 11.9. The van der Waals surface area contributed by atoms with E-state index in [1.807, 2.05) is 11.8 Å². The smallest absolute Gasteiger partial charge is 0.243 e. The highest BCUT2D eigenvalue weighted by Gasteiger charge is 2.27. The van der Waals surface area contributed by atoms with E-state index in [9.17, 15) is 9.59 Å². The van der Waals surface area contributed by atoms with E-state index in [0.717, 1.165) is 32.6 Å². The summed E-state index contributed by atoms with van der Waals surface area (Å²) in [5.74, 6) is 0.836. The standard InChI is InChI=1S/C19H36N6O2.HI/c1-5-17(26)25-11-9-15(14-25)22-19(21-13-18(27)23(3)4)20-12-16-8-7-10-24(16)6-2;/h15-16H,5-14H2,1-4H3,(H2,20,21,22);1H. The van der Waals surface area contributed by atoms with Gasteiger partial charge in [-0.2, -0.15) is 0 Å². The predicted octanol–water partition coefficient (Wildman–Crippen LogP) is 0.723. The van der Waals surface area contributed by atoms with Crippen LogP contribution < -0.4 is 10.6 Å². The largest absolute Gasteiger partial charge is 0.355 e. The molecule has 8 nitrogen and oxygen atoms in total. The van der Waals surface area contributed by atoms with Crippen LogP contribution in [0, 0.1) is 0 Å². The number of hydrogen-bond acceptors (Lipinski definition) is 4. The van der Waals surface area contributed by atoms with Gasteiger partial charge in [0.2, 0.25) is 11.8 Å². The first-order valence-electron chi connectivity index (χ1n) is 10.2. The second kappa shape index (κ2) is 12.5. The number of amides is 2. The SMILES string of the molecule is CCC(=O)N1CCC(NC(=NCC(=O)N(C)C)NCC2CCCN2CC)C1.I. The highest BCUT2D eigenvalue weighted by atomic mass is 127. The number of guanidine groups is 1. The van der Waals surface area contributed by atoms with E-state index in [4.69, 9.17) is 0 Å². The third-order valence-electron chi connectivity index (χ3n) is 5.47. The van der Waals surface area contributed by atoms with Crippen molar-refractivity contribution in [3.8, 4) is 0 Å². The van der Waals surface area contributed by atoms with Gasteiger partial charge in [-0.15, -0.1) is 24.0 Å². The number of aliphatic imine (C=N–C) groups is 1. The van der Waals surface area contributed by atoms with Crippen molar-refractivity contribution >= 4 is 41.8 Å². The first kappa shape index (κ1) is 24.9. The van der Waals surface area contributed by atoms with Crippen LogP contribution in [-0.2, 0) is 9.59 Å². The summed E-state index contributed by atoms with van der Waals surface area (Å²) in [5, 5.41) is 6.86.